The molecule has 4 heteroatoms. The number of nitrogens with zero attached hydrogens (tertiary/aromatic N) is 4. The lowest BCUT2D eigenvalue weighted by Gasteiger charge is -2.14. The van der Waals surface area contributed by atoms with Gasteiger partial charge in [0.05, 0.1) is 39.0 Å². The van der Waals surface area contributed by atoms with E-state index in [4.69, 9.17) is 9.97 Å². The summed E-state index contributed by atoms with van der Waals surface area (Å²) >= 11 is 0. The fourth-order valence-electron chi connectivity index (χ4n) is 8.39. The Morgan fingerprint density at radius 1 is 0.339 bits per heavy atom. The van der Waals surface area contributed by atoms with Gasteiger partial charge in [0, 0.05) is 50.4 Å². The van der Waals surface area contributed by atoms with E-state index in [9.17, 15) is 0 Å². The van der Waals surface area contributed by atoms with Crippen LogP contribution in [0.3, 0.4) is 0 Å². The first-order valence-corrected chi connectivity index (χ1v) is 19.0. The monoisotopic (exact) mass is 714 g/mol. The van der Waals surface area contributed by atoms with Crippen LogP contribution in [0.2, 0.25) is 0 Å². The molecule has 0 amide bonds. The maximum atomic E-state index is 5.20. The third-order valence-corrected chi connectivity index (χ3v) is 11.0. The number of fused-ring (bicyclic) bond motifs is 6. The molecule has 0 bridgehead atoms. The van der Waals surface area contributed by atoms with Gasteiger partial charge in [0.2, 0.25) is 0 Å². The minimum Gasteiger partial charge on any atom is -0.309 e. The van der Waals surface area contributed by atoms with Crippen molar-refractivity contribution >= 4 is 43.7 Å². The number of hydrogen-bond donors (Lipinski definition) is 0. The van der Waals surface area contributed by atoms with E-state index < -0.39 is 0 Å². The van der Waals surface area contributed by atoms with Crippen LogP contribution in [0.4, 0.5) is 0 Å². The van der Waals surface area contributed by atoms with Crippen LogP contribution in [0.25, 0.3) is 99.9 Å². The summed E-state index contributed by atoms with van der Waals surface area (Å²) in [5, 5.41) is 3.57. The van der Waals surface area contributed by atoms with Gasteiger partial charge in [-0.15, -0.1) is 0 Å². The number of benzene rings is 7. The van der Waals surface area contributed by atoms with Gasteiger partial charge in [0.15, 0.2) is 0 Å². The predicted molar refractivity (Wildman–Crippen MR) is 232 cm³/mol. The molecule has 0 saturated heterocycles. The van der Waals surface area contributed by atoms with Crippen LogP contribution < -0.4 is 0 Å². The smallest absolute Gasteiger partial charge is 0.0963 e. The molecule has 0 aliphatic rings. The van der Waals surface area contributed by atoms with Gasteiger partial charge in [0.25, 0.3) is 0 Å². The van der Waals surface area contributed by atoms with Gasteiger partial charge < -0.3 is 9.13 Å². The minimum atomic E-state index is 0.941. The molecule has 0 aliphatic heterocycles. The molecule has 7 aromatic carbocycles. The van der Waals surface area contributed by atoms with Gasteiger partial charge in [-0.05, 0) is 83.4 Å². The fraction of sp³-hybridized carbons (Fsp3) is 0. The van der Waals surface area contributed by atoms with E-state index in [0.29, 0.717) is 0 Å². The average molecular weight is 715 g/mol. The molecule has 56 heavy (non-hydrogen) atoms. The Hall–Kier alpha value is -7.56. The van der Waals surface area contributed by atoms with Crippen LogP contribution in [0.15, 0.2) is 206 Å². The summed E-state index contributed by atoms with van der Waals surface area (Å²) in [6.07, 6.45) is 1.89. The van der Waals surface area contributed by atoms with Crippen molar-refractivity contribution in [3.63, 3.8) is 0 Å². The predicted octanol–water partition coefficient (Wildman–Crippen LogP) is 13.3. The highest BCUT2D eigenvalue weighted by Crippen LogP contribution is 2.41. The van der Waals surface area contributed by atoms with E-state index >= 15 is 0 Å². The first kappa shape index (κ1) is 31.9. The second-order valence-corrected chi connectivity index (χ2v) is 14.2. The maximum absolute atomic E-state index is 5.20. The van der Waals surface area contributed by atoms with Gasteiger partial charge in [-0.1, -0.05) is 133 Å². The summed E-state index contributed by atoms with van der Waals surface area (Å²) in [5.41, 5.74) is 16.5. The molecule has 4 heterocycles. The van der Waals surface area contributed by atoms with Crippen molar-refractivity contribution < 1.29 is 0 Å². The van der Waals surface area contributed by atoms with Crippen molar-refractivity contribution in [2.45, 2.75) is 0 Å². The molecule has 4 aromatic heterocycles. The zero-order chi connectivity index (χ0) is 37.0. The SMILES string of the molecule is c1ccc(-c2cc(-c3ccccc3)nc(-c3ccc(-n4c5ccccc5c5cccc(-c6ccc7c(c6)c6ncccc6n7-c6ccccc6)c54)cc3)c2)cc1. The van der Waals surface area contributed by atoms with E-state index in [1.54, 1.807) is 0 Å². The molecular weight excluding hydrogens is 681 g/mol. The molecule has 262 valence electrons. The minimum absolute atomic E-state index is 0.941. The Bertz CT molecular complexity index is 3160. The van der Waals surface area contributed by atoms with E-state index in [0.717, 1.165) is 67.0 Å². The molecular formula is C52H34N4. The molecule has 0 aliphatic carbocycles. The highest BCUT2D eigenvalue weighted by atomic mass is 15.0. The zero-order valence-electron chi connectivity index (χ0n) is 30.4. The Balaban J connectivity index is 1.08. The second-order valence-electron chi connectivity index (χ2n) is 14.2. The van der Waals surface area contributed by atoms with Crippen molar-refractivity contribution in [2.75, 3.05) is 0 Å². The highest BCUT2D eigenvalue weighted by Gasteiger charge is 2.19. The van der Waals surface area contributed by atoms with Crippen molar-refractivity contribution in [1.29, 1.82) is 0 Å². The van der Waals surface area contributed by atoms with Crippen molar-refractivity contribution in [2.24, 2.45) is 0 Å². The Kier molecular flexibility index (Phi) is 7.46. The largest absolute Gasteiger partial charge is 0.309 e. The standard InChI is InChI=1S/C52H34N4/c1-4-14-35(15-5-1)39-33-46(36-16-6-2-7-17-36)54-47(34-39)37-25-28-41(29-26-37)56-48-23-11-10-20-43(48)44-22-12-21-42(52(44)56)38-27-30-49-45(32-38)51-50(24-13-31-53-51)55(49)40-18-8-3-9-19-40/h1-34H. The molecule has 11 rings (SSSR count). The van der Waals surface area contributed by atoms with E-state index in [1.807, 2.05) is 18.3 Å². The van der Waals surface area contributed by atoms with Gasteiger partial charge in [-0.25, -0.2) is 4.98 Å². The summed E-state index contributed by atoms with van der Waals surface area (Å²) in [7, 11) is 0. The van der Waals surface area contributed by atoms with Crippen molar-refractivity contribution in [3.8, 4) is 56.1 Å². The van der Waals surface area contributed by atoms with Crippen LogP contribution in [0.5, 0.6) is 0 Å². The molecule has 0 radical (unpaired) electrons. The number of rotatable bonds is 6. The lowest BCUT2D eigenvalue weighted by molar-refractivity contribution is 1.17. The lowest BCUT2D eigenvalue weighted by Crippen LogP contribution is -1.96. The third-order valence-electron chi connectivity index (χ3n) is 11.0. The first-order chi connectivity index (χ1) is 27.8. The number of para-hydroxylation sites is 3. The van der Waals surface area contributed by atoms with Crippen LogP contribution in [-0.4, -0.2) is 19.1 Å². The van der Waals surface area contributed by atoms with E-state index in [2.05, 4.69) is 197 Å². The summed E-state index contributed by atoms with van der Waals surface area (Å²) in [6, 6.07) is 71.2. The lowest BCUT2D eigenvalue weighted by atomic mass is 9.99. The number of pyridine rings is 2. The Morgan fingerprint density at radius 2 is 0.929 bits per heavy atom. The van der Waals surface area contributed by atoms with Crippen LogP contribution >= 0.6 is 0 Å². The van der Waals surface area contributed by atoms with Crippen LogP contribution in [-0.2, 0) is 0 Å². The Morgan fingerprint density at radius 3 is 1.70 bits per heavy atom. The molecule has 11 aromatic rings. The highest BCUT2D eigenvalue weighted by molar-refractivity contribution is 6.15. The Labute approximate surface area is 324 Å². The molecule has 0 saturated carbocycles. The molecule has 0 N–H and O–H groups in total. The van der Waals surface area contributed by atoms with Crippen molar-refractivity contribution in [1.82, 2.24) is 19.1 Å². The summed E-state index contributed by atoms with van der Waals surface area (Å²) in [6.45, 7) is 0. The quantitative estimate of drug-likeness (QED) is 0.172. The fourth-order valence-corrected chi connectivity index (χ4v) is 8.39. The normalized spacial score (nSPS) is 11.6. The molecule has 0 spiro atoms. The van der Waals surface area contributed by atoms with Gasteiger partial charge >= 0.3 is 0 Å². The van der Waals surface area contributed by atoms with Gasteiger partial charge in [-0.3, -0.25) is 4.98 Å². The maximum Gasteiger partial charge on any atom is 0.0963 e. The zero-order valence-corrected chi connectivity index (χ0v) is 30.4. The summed E-state index contributed by atoms with van der Waals surface area (Å²) in [5.74, 6) is 0. The van der Waals surface area contributed by atoms with Crippen LogP contribution in [0, 0.1) is 0 Å². The molecule has 0 atom stereocenters. The van der Waals surface area contributed by atoms with Gasteiger partial charge in [-0.2, -0.15) is 0 Å². The second kappa shape index (κ2) is 13.1. The molecule has 0 fully saturated rings. The molecule has 4 nitrogen and oxygen atoms in total. The summed E-state index contributed by atoms with van der Waals surface area (Å²) in [4.78, 5) is 10.1. The van der Waals surface area contributed by atoms with Crippen molar-refractivity contribution in [3.05, 3.63) is 206 Å². The average Bonchev–Trinajstić information content (AvgIpc) is 3.80. The molecule has 0 unspecified atom stereocenters. The summed E-state index contributed by atoms with van der Waals surface area (Å²) < 4.78 is 4.73. The van der Waals surface area contributed by atoms with Crippen LogP contribution in [0.1, 0.15) is 0 Å². The number of hydrogen-bond acceptors (Lipinski definition) is 2. The topological polar surface area (TPSA) is 35.6 Å². The number of aromatic nitrogens is 4. The van der Waals surface area contributed by atoms with E-state index in [-0.39, 0.29) is 0 Å². The first-order valence-electron chi connectivity index (χ1n) is 19.0. The third kappa shape index (κ3) is 5.23. The van der Waals surface area contributed by atoms with Gasteiger partial charge in [0.1, 0.15) is 0 Å². The van der Waals surface area contributed by atoms with E-state index in [1.165, 1.54) is 32.9 Å².